The first-order valence-corrected chi connectivity index (χ1v) is 16.4. The van der Waals surface area contributed by atoms with Crippen LogP contribution >= 0.6 is 21.6 Å². The number of esters is 1. The van der Waals surface area contributed by atoms with E-state index in [9.17, 15) is 24.0 Å². The number of carbonyl (C=O) groups is 5. The maximum absolute atomic E-state index is 13.7. The van der Waals surface area contributed by atoms with Gasteiger partial charge in [-0.15, -0.1) is 0 Å². The molecule has 4 rings (SSSR count). The van der Waals surface area contributed by atoms with Crippen LogP contribution in [0.15, 0.2) is 54.6 Å². The van der Waals surface area contributed by atoms with Gasteiger partial charge in [-0.2, -0.15) is 0 Å². The first kappa shape index (κ1) is 31.4. The van der Waals surface area contributed by atoms with Crippen LogP contribution in [0, 0.1) is 5.92 Å². The van der Waals surface area contributed by atoms with Crippen LogP contribution in [0.25, 0.3) is 10.8 Å². The van der Waals surface area contributed by atoms with Gasteiger partial charge in [-0.25, -0.2) is 0 Å². The summed E-state index contributed by atoms with van der Waals surface area (Å²) in [6.07, 6.45) is 3.23. The van der Waals surface area contributed by atoms with Crippen molar-refractivity contribution < 1.29 is 28.7 Å². The number of nitrogens with one attached hydrogen (secondary N) is 4. The maximum atomic E-state index is 13.7. The van der Waals surface area contributed by atoms with Crippen LogP contribution in [-0.4, -0.2) is 71.9 Å². The highest BCUT2D eigenvalue weighted by molar-refractivity contribution is 8.76. The molecule has 3 unspecified atom stereocenters. The fraction of sp³-hybridized carbons (Fsp3) is 0.433. The second-order valence-electron chi connectivity index (χ2n) is 10.5. The van der Waals surface area contributed by atoms with Crippen molar-refractivity contribution in [3.8, 4) is 0 Å². The molecule has 0 aromatic heterocycles. The lowest BCUT2D eigenvalue weighted by molar-refractivity contribution is -0.148. The van der Waals surface area contributed by atoms with E-state index in [1.807, 2.05) is 48.5 Å². The second-order valence-corrected chi connectivity index (χ2v) is 13.2. The van der Waals surface area contributed by atoms with Crippen LogP contribution in [-0.2, 0) is 35.1 Å². The molecule has 1 fully saturated rings. The van der Waals surface area contributed by atoms with Gasteiger partial charge < -0.3 is 26.0 Å². The zero-order chi connectivity index (χ0) is 30.1. The van der Waals surface area contributed by atoms with Crippen molar-refractivity contribution in [2.24, 2.45) is 5.92 Å². The molecule has 10 nitrogen and oxygen atoms in total. The number of hydrogen-bond acceptors (Lipinski definition) is 8. The second kappa shape index (κ2) is 15.1. The first-order valence-electron chi connectivity index (χ1n) is 14.0. The van der Waals surface area contributed by atoms with Crippen LogP contribution in [0.5, 0.6) is 0 Å². The van der Waals surface area contributed by atoms with Gasteiger partial charge in [0.05, 0.1) is 6.42 Å². The van der Waals surface area contributed by atoms with E-state index in [1.54, 1.807) is 19.9 Å². The van der Waals surface area contributed by atoms with E-state index in [1.165, 1.54) is 21.6 Å². The van der Waals surface area contributed by atoms with Crippen molar-refractivity contribution in [3.05, 3.63) is 60.2 Å². The van der Waals surface area contributed by atoms with Gasteiger partial charge in [-0.3, -0.25) is 24.0 Å². The Morgan fingerprint density at radius 1 is 0.905 bits per heavy atom. The molecule has 12 heteroatoms. The average Bonchev–Trinajstić information content (AvgIpc) is 2.96. The van der Waals surface area contributed by atoms with Gasteiger partial charge in [0, 0.05) is 17.9 Å². The number of amides is 4. The molecule has 2 bridgehead atoms. The van der Waals surface area contributed by atoms with Gasteiger partial charge in [0.15, 0.2) is 0 Å². The summed E-state index contributed by atoms with van der Waals surface area (Å²) in [5, 5.41) is 12.9. The predicted octanol–water partition coefficient (Wildman–Crippen LogP) is 2.27. The third kappa shape index (κ3) is 8.75. The van der Waals surface area contributed by atoms with Crippen molar-refractivity contribution in [3.63, 3.8) is 0 Å². The molecule has 0 aliphatic carbocycles. The third-order valence-electron chi connectivity index (χ3n) is 6.95. The Balaban J connectivity index is 1.70. The molecular weight excluding hydrogens is 576 g/mol. The number of ether oxygens (including phenoxy) is 1. The zero-order valence-electron chi connectivity index (χ0n) is 23.6. The summed E-state index contributed by atoms with van der Waals surface area (Å²) in [6, 6.07) is 10.6. The molecule has 0 spiro atoms. The van der Waals surface area contributed by atoms with E-state index in [-0.39, 0.29) is 24.5 Å². The molecule has 2 heterocycles. The van der Waals surface area contributed by atoms with E-state index < -0.39 is 60.4 Å². The summed E-state index contributed by atoms with van der Waals surface area (Å²) in [6.45, 7) is 3.14. The summed E-state index contributed by atoms with van der Waals surface area (Å²) >= 11 is 0. The van der Waals surface area contributed by atoms with Gasteiger partial charge in [-0.1, -0.05) is 84.0 Å². The molecular formula is C30H36N4O6S2. The van der Waals surface area contributed by atoms with Gasteiger partial charge in [0.25, 0.3) is 0 Å². The lowest BCUT2D eigenvalue weighted by atomic mass is 9.98. The average molecular weight is 613 g/mol. The summed E-state index contributed by atoms with van der Waals surface area (Å²) in [4.78, 5) is 66.1. The number of fused-ring (bicyclic) bond motifs is 8. The Bertz CT molecular complexity index is 1340. The minimum Gasteiger partial charge on any atom is -0.456 e. The number of rotatable bonds is 3. The fourth-order valence-corrected chi connectivity index (χ4v) is 6.90. The molecule has 224 valence electrons. The largest absolute Gasteiger partial charge is 0.456 e. The zero-order valence-corrected chi connectivity index (χ0v) is 25.2. The van der Waals surface area contributed by atoms with Gasteiger partial charge in [-0.05, 0) is 34.8 Å². The quantitative estimate of drug-likeness (QED) is 0.235. The van der Waals surface area contributed by atoms with E-state index in [0.29, 0.717) is 12.2 Å². The molecule has 2 aromatic rings. The molecule has 4 atom stereocenters. The summed E-state index contributed by atoms with van der Waals surface area (Å²) in [7, 11) is 2.97. The summed E-state index contributed by atoms with van der Waals surface area (Å²) in [5.41, 5.74) is 0.842. The Labute approximate surface area is 252 Å². The Kier molecular flexibility index (Phi) is 11.3. The van der Waals surface area contributed by atoms with Gasteiger partial charge >= 0.3 is 5.97 Å². The topological polar surface area (TPSA) is 143 Å². The first-order chi connectivity index (χ1) is 20.2. The fourth-order valence-electron chi connectivity index (χ4n) is 4.75. The minimum atomic E-state index is -1.03. The highest BCUT2D eigenvalue weighted by Gasteiger charge is 2.32. The summed E-state index contributed by atoms with van der Waals surface area (Å²) < 4.78 is 5.54. The minimum absolute atomic E-state index is 0.159. The molecule has 2 aliphatic heterocycles. The number of allylic oxidation sites excluding steroid dienone is 1. The normalized spacial score (nSPS) is 25.9. The SMILES string of the molecule is CC(C)[C@H]1NC(=O)CC2/C=C/CCSSCC(NC1=O)C(=O)NC(Cc1cccc3ccccc13)C(=O)NCC(=O)O2. The van der Waals surface area contributed by atoms with E-state index >= 15 is 0 Å². The smallest absolute Gasteiger partial charge is 0.326 e. The number of carbonyl (C=O) groups excluding carboxylic acids is 5. The Hall–Kier alpha value is -3.51. The maximum Gasteiger partial charge on any atom is 0.326 e. The van der Waals surface area contributed by atoms with Crippen LogP contribution in [0.4, 0.5) is 0 Å². The van der Waals surface area contributed by atoms with E-state index in [0.717, 1.165) is 16.3 Å². The number of hydrogen-bond donors (Lipinski definition) is 4. The molecule has 4 N–H and O–H groups in total. The molecule has 2 aliphatic rings. The van der Waals surface area contributed by atoms with Gasteiger partial charge in [0.2, 0.25) is 23.6 Å². The van der Waals surface area contributed by atoms with Crippen molar-refractivity contribution in [2.45, 2.75) is 57.3 Å². The monoisotopic (exact) mass is 612 g/mol. The third-order valence-corrected chi connectivity index (χ3v) is 9.40. The Morgan fingerprint density at radius 2 is 1.69 bits per heavy atom. The van der Waals surface area contributed by atoms with E-state index in [4.69, 9.17) is 4.74 Å². The number of benzene rings is 2. The van der Waals surface area contributed by atoms with Crippen LogP contribution < -0.4 is 21.3 Å². The highest BCUT2D eigenvalue weighted by Crippen LogP contribution is 2.24. The van der Waals surface area contributed by atoms with Crippen LogP contribution in [0.1, 0.15) is 32.3 Å². The molecule has 0 radical (unpaired) electrons. The standard InChI is InChI=1S/C30H36N4O6S2/c1-18(2)27-30(39)33-24-17-42-41-13-6-5-11-21(15-25(35)34-27)40-26(36)16-31-28(37)23(32-29(24)38)14-20-10-7-9-19-8-3-4-12-22(19)20/h3-5,7-12,18,21,23-24,27H,6,13-17H2,1-2H3,(H,31,37)(H,32,38)(H,33,39)(H,34,35)/b11-5+/t21?,23?,24?,27-/m1/s1. The summed E-state index contributed by atoms with van der Waals surface area (Å²) in [5.74, 6) is -2.14. The van der Waals surface area contributed by atoms with Crippen LogP contribution in [0.3, 0.4) is 0 Å². The molecule has 2 aromatic carbocycles. The van der Waals surface area contributed by atoms with Crippen molar-refractivity contribution in [1.29, 1.82) is 0 Å². The lowest BCUT2D eigenvalue weighted by Gasteiger charge is -2.27. The molecule has 1 saturated heterocycles. The molecule has 42 heavy (non-hydrogen) atoms. The Morgan fingerprint density at radius 3 is 2.50 bits per heavy atom. The van der Waals surface area contributed by atoms with Crippen molar-refractivity contribution >= 4 is 62.0 Å². The van der Waals surface area contributed by atoms with E-state index in [2.05, 4.69) is 21.3 Å². The van der Waals surface area contributed by atoms with Gasteiger partial charge in [0.1, 0.15) is 30.8 Å². The van der Waals surface area contributed by atoms with Crippen LogP contribution in [0.2, 0.25) is 0 Å². The lowest BCUT2D eigenvalue weighted by Crippen LogP contribution is -2.59. The van der Waals surface area contributed by atoms with Crippen molar-refractivity contribution in [2.75, 3.05) is 18.1 Å². The molecule has 4 amide bonds. The molecule has 0 saturated carbocycles. The van der Waals surface area contributed by atoms with Crippen molar-refractivity contribution in [1.82, 2.24) is 21.3 Å². The predicted molar refractivity (Wildman–Crippen MR) is 164 cm³/mol. The highest BCUT2D eigenvalue weighted by atomic mass is 33.1.